The molecule has 1 saturated carbocycles. The van der Waals surface area contributed by atoms with Gasteiger partial charge < -0.3 is 10.2 Å². The van der Waals surface area contributed by atoms with Crippen molar-refractivity contribution >= 4 is 6.03 Å². The molecule has 2 aliphatic heterocycles. The Hall–Kier alpha value is -1.87. The van der Waals surface area contributed by atoms with Crippen molar-refractivity contribution in [2.75, 3.05) is 39.3 Å². The highest BCUT2D eigenvalue weighted by molar-refractivity contribution is 5.75. The van der Waals surface area contributed by atoms with Gasteiger partial charge in [0.2, 0.25) is 0 Å². The molecule has 4 rings (SSSR count). The first-order valence-electron chi connectivity index (χ1n) is 12.3. The summed E-state index contributed by atoms with van der Waals surface area (Å²) in [7, 11) is 0. The fourth-order valence-corrected chi connectivity index (χ4v) is 5.56. The lowest BCUT2D eigenvalue weighted by Gasteiger charge is -2.47. The molecule has 6 nitrogen and oxygen atoms in total. The molecular formula is C24H36F3N5O. The average Bonchev–Trinajstić information content (AvgIpc) is 2.81. The van der Waals surface area contributed by atoms with Crippen molar-refractivity contribution in [1.29, 1.82) is 0 Å². The summed E-state index contributed by atoms with van der Waals surface area (Å²) in [6, 6.07) is 1.62. The number of likely N-dealkylation sites (tertiary alicyclic amines) is 1. The van der Waals surface area contributed by atoms with Crippen LogP contribution in [0.2, 0.25) is 0 Å². The number of carbonyl (C=O) groups is 1. The van der Waals surface area contributed by atoms with Crippen LogP contribution in [0.25, 0.3) is 0 Å². The van der Waals surface area contributed by atoms with Gasteiger partial charge in [-0.1, -0.05) is 0 Å². The minimum Gasteiger partial charge on any atom is -0.328 e. The monoisotopic (exact) mass is 467 g/mol. The van der Waals surface area contributed by atoms with E-state index in [9.17, 15) is 9.18 Å². The first kappa shape index (κ1) is 24.3. The lowest BCUT2D eigenvalue weighted by atomic mass is 9.85. The molecule has 0 aromatic carbocycles. The molecule has 3 fully saturated rings. The van der Waals surface area contributed by atoms with Crippen molar-refractivity contribution in [2.24, 2.45) is 0 Å². The van der Waals surface area contributed by atoms with Crippen molar-refractivity contribution in [3.8, 4) is 0 Å². The van der Waals surface area contributed by atoms with Crippen LogP contribution < -0.4 is 5.32 Å². The van der Waals surface area contributed by atoms with Gasteiger partial charge in [-0.15, -0.1) is 0 Å². The van der Waals surface area contributed by atoms with Crippen molar-refractivity contribution in [3.63, 3.8) is 0 Å². The summed E-state index contributed by atoms with van der Waals surface area (Å²) in [5.74, 6) is -3.13. The van der Waals surface area contributed by atoms with Crippen LogP contribution in [0.5, 0.6) is 0 Å². The maximum absolute atomic E-state index is 15.0. The molecule has 3 heterocycles. The topological polar surface area (TPSA) is 51.7 Å². The quantitative estimate of drug-likeness (QED) is 0.734. The standard InChI is InChI=1S/C24H36F3N5O/c1-17(2)30-12-14-31(15-13-30)21-4-3-9-24(26,27)22(21)29-23(33)32-10-7-18(8-11-32)20-6-5-19(25)16-28-20/h5-6,16-18,21-22H,3-4,7-15H2,1-2H3,(H,29,33)/t21-,22+/m0/s1. The number of piperazine rings is 1. The van der Waals surface area contributed by atoms with E-state index in [4.69, 9.17) is 0 Å². The van der Waals surface area contributed by atoms with Crippen molar-refractivity contribution in [1.82, 2.24) is 25.0 Å². The molecule has 1 N–H and O–H groups in total. The zero-order valence-electron chi connectivity index (χ0n) is 19.7. The largest absolute Gasteiger partial charge is 0.328 e. The number of amides is 2. The normalized spacial score (nSPS) is 27.6. The van der Waals surface area contributed by atoms with Gasteiger partial charge in [0.25, 0.3) is 5.92 Å². The zero-order valence-corrected chi connectivity index (χ0v) is 19.7. The second kappa shape index (κ2) is 10.2. The van der Waals surface area contributed by atoms with Gasteiger partial charge in [-0.3, -0.25) is 14.8 Å². The lowest BCUT2D eigenvalue weighted by Crippen LogP contribution is -2.66. The van der Waals surface area contributed by atoms with E-state index < -0.39 is 18.0 Å². The molecule has 1 aromatic heterocycles. The molecule has 0 unspecified atom stereocenters. The molecular weight excluding hydrogens is 431 g/mol. The summed E-state index contributed by atoms with van der Waals surface area (Å²) < 4.78 is 43.2. The number of aromatic nitrogens is 1. The Balaban J connectivity index is 1.36. The van der Waals surface area contributed by atoms with Gasteiger partial charge in [0, 0.05) is 69.4 Å². The molecule has 2 saturated heterocycles. The number of halogens is 3. The number of rotatable bonds is 4. The predicted octanol–water partition coefficient (Wildman–Crippen LogP) is 3.69. The fourth-order valence-electron chi connectivity index (χ4n) is 5.56. The van der Waals surface area contributed by atoms with E-state index in [0.717, 1.165) is 31.9 Å². The number of urea groups is 1. The number of hydrogen-bond donors (Lipinski definition) is 1. The SMILES string of the molecule is CC(C)N1CCN([C@H]2CCCC(F)(F)[C@@H]2NC(=O)N2CCC(c3ccc(F)cn3)CC2)CC1. The number of nitrogens with zero attached hydrogens (tertiary/aromatic N) is 4. The third kappa shape index (κ3) is 5.62. The van der Waals surface area contributed by atoms with E-state index in [1.807, 2.05) is 0 Å². The molecule has 0 radical (unpaired) electrons. The van der Waals surface area contributed by atoms with Gasteiger partial charge in [-0.05, 0) is 51.7 Å². The van der Waals surface area contributed by atoms with Crippen LogP contribution in [-0.2, 0) is 0 Å². The van der Waals surface area contributed by atoms with Gasteiger partial charge >= 0.3 is 6.03 Å². The molecule has 1 aromatic rings. The molecule has 2 amide bonds. The Bertz CT molecular complexity index is 790. The van der Waals surface area contributed by atoms with Gasteiger partial charge in [0.05, 0.1) is 6.20 Å². The number of hydrogen-bond acceptors (Lipinski definition) is 4. The van der Waals surface area contributed by atoms with E-state index in [0.29, 0.717) is 44.8 Å². The summed E-state index contributed by atoms with van der Waals surface area (Å²) in [5.41, 5.74) is 0.816. The molecule has 184 valence electrons. The third-order valence-electron chi connectivity index (χ3n) is 7.63. The van der Waals surface area contributed by atoms with Gasteiger partial charge in [-0.25, -0.2) is 18.0 Å². The predicted molar refractivity (Wildman–Crippen MR) is 121 cm³/mol. The minimum absolute atomic E-state index is 0.149. The van der Waals surface area contributed by atoms with Crippen LogP contribution in [-0.4, -0.2) is 89.0 Å². The highest BCUT2D eigenvalue weighted by Crippen LogP contribution is 2.37. The first-order chi connectivity index (χ1) is 15.7. The van der Waals surface area contributed by atoms with Gasteiger partial charge in [0.1, 0.15) is 11.9 Å². The summed E-state index contributed by atoms with van der Waals surface area (Å²) in [4.78, 5) is 23.3. The van der Waals surface area contributed by atoms with Crippen LogP contribution in [0.15, 0.2) is 18.3 Å². The van der Waals surface area contributed by atoms with Crippen LogP contribution in [0.4, 0.5) is 18.0 Å². The molecule has 2 atom stereocenters. The van der Waals surface area contributed by atoms with Gasteiger partial charge in [-0.2, -0.15) is 0 Å². The summed E-state index contributed by atoms with van der Waals surface area (Å²) in [6.07, 6.45) is 3.56. The zero-order chi connectivity index (χ0) is 23.6. The van der Waals surface area contributed by atoms with E-state index >= 15 is 8.78 Å². The molecule has 0 spiro atoms. The minimum atomic E-state index is -2.91. The third-order valence-corrected chi connectivity index (χ3v) is 7.63. The van der Waals surface area contributed by atoms with Gasteiger partial charge in [0.15, 0.2) is 0 Å². The number of pyridine rings is 1. The number of piperidine rings is 1. The average molecular weight is 468 g/mol. The Labute approximate surface area is 194 Å². The molecule has 3 aliphatic rings. The second-order valence-electron chi connectivity index (χ2n) is 9.98. The maximum Gasteiger partial charge on any atom is 0.317 e. The Kier molecular flexibility index (Phi) is 7.48. The number of alkyl halides is 2. The fraction of sp³-hybridized carbons (Fsp3) is 0.750. The van der Waals surface area contributed by atoms with Crippen molar-refractivity contribution in [2.45, 2.75) is 75.9 Å². The molecule has 33 heavy (non-hydrogen) atoms. The van der Waals surface area contributed by atoms with Crippen LogP contribution >= 0.6 is 0 Å². The van der Waals surface area contributed by atoms with E-state index in [2.05, 4.69) is 33.9 Å². The number of nitrogens with one attached hydrogen (secondary N) is 1. The molecule has 0 bridgehead atoms. The lowest BCUT2D eigenvalue weighted by molar-refractivity contribution is -0.0973. The van der Waals surface area contributed by atoms with E-state index in [1.165, 1.54) is 12.3 Å². The Morgan fingerprint density at radius 2 is 1.79 bits per heavy atom. The maximum atomic E-state index is 15.0. The first-order valence-corrected chi connectivity index (χ1v) is 12.3. The highest BCUT2D eigenvalue weighted by atomic mass is 19.3. The second-order valence-corrected chi connectivity index (χ2v) is 9.98. The summed E-state index contributed by atoms with van der Waals surface area (Å²) in [6.45, 7) is 8.50. The van der Waals surface area contributed by atoms with E-state index in [-0.39, 0.29) is 24.2 Å². The van der Waals surface area contributed by atoms with Crippen LogP contribution in [0.3, 0.4) is 0 Å². The highest BCUT2D eigenvalue weighted by Gasteiger charge is 2.50. The smallest absolute Gasteiger partial charge is 0.317 e. The van der Waals surface area contributed by atoms with Crippen molar-refractivity contribution in [3.05, 3.63) is 29.8 Å². The van der Waals surface area contributed by atoms with Crippen molar-refractivity contribution < 1.29 is 18.0 Å². The Morgan fingerprint density at radius 3 is 2.39 bits per heavy atom. The molecule has 1 aliphatic carbocycles. The Morgan fingerprint density at radius 1 is 1.09 bits per heavy atom. The van der Waals surface area contributed by atoms with Crippen LogP contribution in [0, 0.1) is 5.82 Å². The number of carbonyl (C=O) groups excluding carboxylic acids is 1. The van der Waals surface area contributed by atoms with Crippen LogP contribution in [0.1, 0.15) is 57.6 Å². The molecule has 9 heteroatoms. The van der Waals surface area contributed by atoms with E-state index in [1.54, 1.807) is 11.0 Å². The summed E-state index contributed by atoms with van der Waals surface area (Å²) >= 11 is 0. The summed E-state index contributed by atoms with van der Waals surface area (Å²) in [5, 5.41) is 2.74.